The van der Waals surface area contributed by atoms with Gasteiger partial charge in [0.15, 0.2) is 6.10 Å². The number of hydrogen-bond donors (Lipinski definition) is 2. The molecule has 2 aromatic carbocycles. The maximum Gasteiger partial charge on any atom is 0.261 e. The molecule has 5 heteroatoms. The number of rotatable bonds is 2. The summed E-state index contributed by atoms with van der Waals surface area (Å²) in [6, 6.07) is 11.4. The summed E-state index contributed by atoms with van der Waals surface area (Å²) in [4.78, 5) is 12.6. The van der Waals surface area contributed by atoms with Crippen molar-refractivity contribution in [2.24, 2.45) is 0 Å². The van der Waals surface area contributed by atoms with Crippen LogP contribution in [0.25, 0.3) is 0 Å². The van der Waals surface area contributed by atoms with Crippen molar-refractivity contribution in [1.29, 1.82) is 0 Å². The Morgan fingerprint density at radius 3 is 2.96 bits per heavy atom. The number of nitrogens with one attached hydrogen (secondary N) is 1. The van der Waals surface area contributed by atoms with Gasteiger partial charge in [0, 0.05) is 17.1 Å². The van der Waals surface area contributed by atoms with E-state index in [2.05, 4.69) is 5.32 Å². The molecule has 0 saturated heterocycles. The predicted molar refractivity (Wildman–Crippen MR) is 94.2 cm³/mol. The van der Waals surface area contributed by atoms with Crippen molar-refractivity contribution in [3.8, 4) is 5.75 Å². The lowest BCUT2D eigenvalue weighted by molar-refractivity contribution is -0.128. The maximum absolute atomic E-state index is 12.6. The van der Waals surface area contributed by atoms with Gasteiger partial charge >= 0.3 is 0 Å². The number of anilines is 1. The number of amides is 1. The maximum atomic E-state index is 12.6. The van der Waals surface area contributed by atoms with Gasteiger partial charge in [0.05, 0.1) is 6.04 Å². The quantitative estimate of drug-likeness (QED) is 0.822. The molecule has 2 unspecified atom stereocenters. The molecule has 2 atom stereocenters. The SMILES string of the molecule is Nc1ccc2c(c1)CCCC2NC(=O)C1Cc2cc(Cl)ccc2O1. The second kappa shape index (κ2) is 6.02. The summed E-state index contributed by atoms with van der Waals surface area (Å²) in [5.74, 6) is 0.674. The van der Waals surface area contributed by atoms with Crippen LogP contribution in [0.4, 0.5) is 5.69 Å². The Labute approximate surface area is 145 Å². The van der Waals surface area contributed by atoms with Gasteiger partial charge in [-0.2, -0.15) is 0 Å². The Bertz CT molecular complexity index is 806. The minimum Gasteiger partial charge on any atom is -0.480 e. The molecule has 1 amide bonds. The smallest absolute Gasteiger partial charge is 0.261 e. The normalized spacial score (nSPS) is 21.5. The largest absolute Gasteiger partial charge is 0.480 e. The van der Waals surface area contributed by atoms with E-state index in [0.717, 1.165) is 36.3 Å². The third kappa shape index (κ3) is 2.82. The molecule has 2 aromatic rings. The zero-order valence-electron chi connectivity index (χ0n) is 13.2. The number of carbonyl (C=O) groups is 1. The van der Waals surface area contributed by atoms with Crippen LogP contribution >= 0.6 is 11.6 Å². The summed E-state index contributed by atoms with van der Waals surface area (Å²) in [7, 11) is 0. The summed E-state index contributed by atoms with van der Waals surface area (Å²) < 4.78 is 5.78. The Balaban J connectivity index is 1.48. The lowest BCUT2D eigenvalue weighted by atomic mass is 9.87. The van der Waals surface area contributed by atoms with Gasteiger partial charge in [-0.05, 0) is 66.3 Å². The fraction of sp³-hybridized carbons (Fsp3) is 0.316. The van der Waals surface area contributed by atoms with Crippen molar-refractivity contribution >= 4 is 23.2 Å². The Morgan fingerprint density at radius 1 is 1.21 bits per heavy atom. The molecule has 3 N–H and O–H groups in total. The number of halogens is 1. The highest BCUT2D eigenvalue weighted by Gasteiger charge is 2.31. The number of fused-ring (bicyclic) bond motifs is 2. The topological polar surface area (TPSA) is 64.3 Å². The van der Waals surface area contributed by atoms with Gasteiger partial charge in [-0.25, -0.2) is 0 Å². The first-order chi connectivity index (χ1) is 11.6. The summed E-state index contributed by atoms with van der Waals surface area (Å²) in [5, 5.41) is 3.81. The lowest BCUT2D eigenvalue weighted by Crippen LogP contribution is -2.40. The van der Waals surface area contributed by atoms with Gasteiger partial charge in [0.2, 0.25) is 0 Å². The third-order valence-electron chi connectivity index (χ3n) is 4.79. The van der Waals surface area contributed by atoms with Crippen molar-refractivity contribution in [3.63, 3.8) is 0 Å². The van der Waals surface area contributed by atoms with Crippen LogP contribution in [0.15, 0.2) is 36.4 Å². The van der Waals surface area contributed by atoms with Crippen LogP contribution in [0.5, 0.6) is 5.75 Å². The van der Waals surface area contributed by atoms with Crippen molar-refractivity contribution in [1.82, 2.24) is 5.32 Å². The van der Waals surface area contributed by atoms with Crippen molar-refractivity contribution in [2.45, 2.75) is 37.8 Å². The van der Waals surface area contributed by atoms with E-state index >= 15 is 0 Å². The second-order valence-corrected chi connectivity index (χ2v) is 6.91. The van der Waals surface area contributed by atoms with E-state index in [4.69, 9.17) is 22.1 Å². The fourth-order valence-electron chi connectivity index (χ4n) is 3.61. The molecule has 0 saturated carbocycles. The molecule has 2 aliphatic rings. The average Bonchev–Trinajstić information content (AvgIpc) is 2.98. The Hall–Kier alpha value is -2.20. The second-order valence-electron chi connectivity index (χ2n) is 6.47. The summed E-state index contributed by atoms with van der Waals surface area (Å²) in [6.45, 7) is 0. The molecule has 4 rings (SSSR count). The zero-order valence-corrected chi connectivity index (χ0v) is 14.0. The molecule has 1 aliphatic heterocycles. The number of nitrogen functional groups attached to an aromatic ring is 1. The number of nitrogens with two attached hydrogens (primary N) is 1. The highest BCUT2D eigenvalue weighted by atomic mass is 35.5. The van der Waals surface area contributed by atoms with E-state index in [1.165, 1.54) is 11.1 Å². The van der Waals surface area contributed by atoms with Gasteiger partial charge < -0.3 is 15.8 Å². The molecular formula is C19H19ClN2O2. The molecule has 0 aromatic heterocycles. The van der Waals surface area contributed by atoms with Crippen LogP contribution in [0.1, 0.15) is 35.6 Å². The molecule has 124 valence electrons. The average molecular weight is 343 g/mol. The third-order valence-corrected chi connectivity index (χ3v) is 5.02. The first-order valence-electron chi connectivity index (χ1n) is 8.24. The van der Waals surface area contributed by atoms with Crippen LogP contribution in [-0.4, -0.2) is 12.0 Å². The van der Waals surface area contributed by atoms with E-state index in [1.54, 1.807) is 6.07 Å². The van der Waals surface area contributed by atoms with Crippen molar-refractivity contribution in [3.05, 3.63) is 58.1 Å². The zero-order chi connectivity index (χ0) is 16.7. The van der Waals surface area contributed by atoms with Crippen molar-refractivity contribution in [2.75, 3.05) is 5.73 Å². The minimum atomic E-state index is -0.488. The molecule has 0 fully saturated rings. The van der Waals surface area contributed by atoms with Crippen LogP contribution in [0.3, 0.4) is 0 Å². The molecule has 0 spiro atoms. The van der Waals surface area contributed by atoms with Gasteiger partial charge in [-0.1, -0.05) is 17.7 Å². The van der Waals surface area contributed by atoms with E-state index in [0.29, 0.717) is 11.4 Å². The highest BCUT2D eigenvalue weighted by molar-refractivity contribution is 6.30. The standard InChI is InChI=1S/C19H19ClN2O2/c20-13-4-7-17-12(8-13)10-18(24-17)19(23)22-16-3-1-2-11-9-14(21)5-6-15(11)16/h4-9,16,18H,1-3,10,21H2,(H,22,23). The van der Waals surface area contributed by atoms with E-state index in [1.807, 2.05) is 30.3 Å². The molecule has 1 aliphatic carbocycles. The predicted octanol–water partition coefficient (Wildman–Crippen LogP) is 3.42. The molecule has 4 nitrogen and oxygen atoms in total. The molecular weight excluding hydrogens is 324 g/mol. The van der Waals surface area contributed by atoms with E-state index in [-0.39, 0.29) is 11.9 Å². The van der Waals surface area contributed by atoms with E-state index < -0.39 is 6.10 Å². The molecule has 0 radical (unpaired) electrons. The highest BCUT2D eigenvalue weighted by Crippen LogP contribution is 2.33. The van der Waals surface area contributed by atoms with E-state index in [9.17, 15) is 4.79 Å². The van der Waals surface area contributed by atoms with Crippen LogP contribution < -0.4 is 15.8 Å². The fourth-order valence-corrected chi connectivity index (χ4v) is 3.81. The number of hydrogen-bond acceptors (Lipinski definition) is 3. The number of benzene rings is 2. The lowest BCUT2D eigenvalue weighted by Gasteiger charge is -2.27. The van der Waals surface area contributed by atoms with Crippen LogP contribution in [-0.2, 0) is 17.6 Å². The summed E-state index contributed by atoms with van der Waals surface area (Å²) in [5.41, 5.74) is 10.0. The van der Waals surface area contributed by atoms with Gasteiger partial charge in [-0.3, -0.25) is 4.79 Å². The van der Waals surface area contributed by atoms with Crippen molar-refractivity contribution < 1.29 is 9.53 Å². The summed E-state index contributed by atoms with van der Waals surface area (Å²) in [6.07, 6.45) is 3.06. The van der Waals surface area contributed by atoms with Crippen LogP contribution in [0.2, 0.25) is 5.02 Å². The summed E-state index contributed by atoms with van der Waals surface area (Å²) >= 11 is 6.01. The molecule has 0 bridgehead atoms. The first-order valence-corrected chi connectivity index (χ1v) is 8.62. The molecule has 1 heterocycles. The van der Waals surface area contributed by atoms with Gasteiger partial charge in [-0.15, -0.1) is 0 Å². The van der Waals surface area contributed by atoms with Crippen LogP contribution in [0, 0.1) is 0 Å². The number of aryl methyl sites for hydroxylation is 1. The number of carbonyl (C=O) groups excluding carboxylic acids is 1. The monoisotopic (exact) mass is 342 g/mol. The Morgan fingerprint density at radius 2 is 2.08 bits per heavy atom. The minimum absolute atomic E-state index is 0.0257. The molecule has 24 heavy (non-hydrogen) atoms. The Kier molecular flexibility index (Phi) is 3.85. The number of ether oxygens (including phenoxy) is 1. The van der Waals surface area contributed by atoms with Gasteiger partial charge in [0.1, 0.15) is 5.75 Å². The van der Waals surface area contributed by atoms with Gasteiger partial charge in [0.25, 0.3) is 5.91 Å². The first kappa shape index (κ1) is 15.3.